The van der Waals surface area contributed by atoms with E-state index in [2.05, 4.69) is 4.74 Å². The van der Waals surface area contributed by atoms with Crippen molar-refractivity contribution in [3.05, 3.63) is 65.0 Å². The summed E-state index contributed by atoms with van der Waals surface area (Å²) in [4.78, 5) is 0. The molecule has 0 unspecified atom stereocenters. The molecular formula is C17H14F6O. The maximum absolute atomic E-state index is 14.1. The fraction of sp³-hybridized carbons (Fsp3) is 0.294. The highest BCUT2D eigenvalue weighted by Crippen LogP contribution is 2.36. The van der Waals surface area contributed by atoms with Crippen molar-refractivity contribution in [3.8, 4) is 5.75 Å². The lowest BCUT2D eigenvalue weighted by atomic mass is 10.1. The molecule has 0 atom stereocenters. The van der Waals surface area contributed by atoms with E-state index in [1.165, 1.54) is 24.3 Å². The van der Waals surface area contributed by atoms with Gasteiger partial charge < -0.3 is 4.74 Å². The highest BCUT2D eigenvalue weighted by Gasteiger charge is 2.37. The van der Waals surface area contributed by atoms with Gasteiger partial charge in [0.1, 0.15) is 11.6 Å². The van der Waals surface area contributed by atoms with Crippen LogP contribution in [0.1, 0.15) is 30.0 Å². The van der Waals surface area contributed by atoms with Crippen LogP contribution < -0.4 is 4.74 Å². The first-order valence-corrected chi connectivity index (χ1v) is 7.16. The summed E-state index contributed by atoms with van der Waals surface area (Å²) in [7, 11) is 0. The molecule has 0 radical (unpaired) electrons. The Morgan fingerprint density at radius 1 is 0.917 bits per heavy atom. The topological polar surface area (TPSA) is 9.23 Å². The molecule has 0 amide bonds. The van der Waals surface area contributed by atoms with Gasteiger partial charge in [0.25, 0.3) is 0 Å². The Hall–Kier alpha value is -2.18. The number of halogens is 6. The molecule has 0 fully saturated rings. The van der Waals surface area contributed by atoms with Crippen molar-refractivity contribution in [2.75, 3.05) is 0 Å². The largest absolute Gasteiger partial charge is 0.429 e. The Morgan fingerprint density at radius 3 is 2.04 bits per heavy atom. The van der Waals surface area contributed by atoms with E-state index in [0.717, 1.165) is 18.4 Å². The van der Waals surface area contributed by atoms with E-state index in [1.807, 2.05) is 6.92 Å². The van der Waals surface area contributed by atoms with Crippen LogP contribution >= 0.6 is 0 Å². The van der Waals surface area contributed by atoms with Crippen LogP contribution in [0.25, 0.3) is 0 Å². The zero-order valence-electron chi connectivity index (χ0n) is 12.6. The van der Waals surface area contributed by atoms with Crippen LogP contribution in [0.4, 0.5) is 26.3 Å². The lowest BCUT2D eigenvalue weighted by molar-refractivity contribution is -0.185. The smallest absolute Gasteiger partial charge is 0.426 e. The molecule has 0 bridgehead atoms. The summed E-state index contributed by atoms with van der Waals surface area (Å²) in [6, 6.07) is 6.70. The Kier molecular flexibility index (Phi) is 5.11. The van der Waals surface area contributed by atoms with Crippen molar-refractivity contribution in [1.29, 1.82) is 0 Å². The van der Waals surface area contributed by atoms with E-state index in [1.54, 1.807) is 0 Å². The summed E-state index contributed by atoms with van der Waals surface area (Å²) < 4.78 is 83.3. The van der Waals surface area contributed by atoms with Gasteiger partial charge in [-0.1, -0.05) is 25.5 Å². The van der Waals surface area contributed by atoms with Crippen molar-refractivity contribution >= 4 is 0 Å². The molecule has 0 N–H and O–H groups in total. The van der Waals surface area contributed by atoms with E-state index in [9.17, 15) is 26.3 Å². The quantitative estimate of drug-likeness (QED) is 0.609. The third kappa shape index (κ3) is 4.21. The lowest BCUT2D eigenvalue weighted by Gasteiger charge is -2.19. The predicted molar refractivity (Wildman–Crippen MR) is 76.4 cm³/mol. The highest BCUT2D eigenvalue weighted by molar-refractivity contribution is 5.32. The zero-order valence-corrected chi connectivity index (χ0v) is 12.6. The first-order valence-electron chi connectivity index (χ1n) is 7.16. The molecule has 0 aliphatic carbocycles. The second-order valence-electron chi connectivity index (χ2n) is 5.21. The van der Waals surface area contributed by atoms with Gasteiger partial charge in [-0.2, -0.15) is 22.0 Å². The third-order valence-electron chi connectivity index (χ3n) is 3.32. The Morgan fingerprint density at radius 2 is 1.54 bits per heavy atom. The minimum absolute atomic E-state index is 0.294. The molecule has 0 aliphatic rings. The van der Waals surface area contributed by atoms with Gasteiger partial charge in [0.2, 0.25) is 0 Å². The molecular weight excluding hydrogens is 334 g/mol. The number of hydrogen-bond acceptors (Lipinski definition) is 1. The van der Waals surface area contributed by atoms with Gasteiger partial charge in [0.15, 0.2) is 0 Å². The Bertz CT molecular complexity index is 691. The number of benzene rings is 2. The van der Waals surface area contributed by atoms with Crippen LogP contribution in [0.15, 0.2) is 42.5 Å². The fourth-order valence-electron chi connectivity index (χ4n) is 2.15. The van der Waals surface area contributed by atoms with Crippen molar-refractivity contribution in [2.45, 2.75) is 32.1 Å². The van der Waals surface area contributed by atoms with Gasteiger partial charge in [-0.3, -0.25) is 0 Å². The first-order chi connectivity index (χ1) is 11.1. The summed E-state index contributed by atoms with van der Waals surface area (Å²) in [6.45, 7) is 1.95. The fourth-order valence-corrected chi connectivity index (χ4v) is 2.15. The molecule has 1 nitrogen and oxygen atoms in total. The van der Waals surface area contributed by atoms with Gasteiger partial charge in [-0.15, -0.1) is 0 Å². The van der Waals surface area contributed by atoms with Crippen molar-refractivity contribution in [3.63, 3.8) is 0 Å². The maximum atomic E-state index is 14.1. The Labute approximate surface area is 134 Å². The molecule has 0 heterocycles. The van der Waals surface area contributed by atoms with Crippen LogP contribution in [0.3, 0.4) is 0 Å². The summed E-state index contributed by atoms with van der Waals surface area (Å²) in [6.07, 6.45) is -7.11. The minimum atomic E-state index is -4.90. The molecule has 0 saturated carbocycles. The average molecular weight is 348 g/mol. The van der Waals surface area contributed by atoms with E-state index < -0.39 is 35.0 Å². The standard InChI is InChI=1S/C17H14F6O/c1-2-3-11-4-6-12(7-5-11)17(22,23)24-13-8-9-14(15(18)10-13)16(19,20)21/h4-10H,2-3H2,1H3. The van der Waals surface area contributed by atoms with Crippen LogP contribution in [0.2, 0.25) is 0 Å². The molecule has 24 heavy (non-hydrogen) atoms. The van der Waals surface area contributed by atoms with Crippen LogP contribution in [0.5, 0.6) is 5.75 Å². The summed E-state index contributed by atoms with van der Waals surface area (Å²) >= 11 is 0. The number of ether oxygens (including phenoxy) is 1. The molecule has 130 valence electrons. The van der Waals surface area contributed by atoms with Crippen LogP contribution in [-0.4, -0.2) is 0 Å². The van der Waals surface area contributed by atoms with Gasteiger partial charge in [-0.05, 0) is 36.2 Å². The average Bonchev–Trinajstić information content (AvgIpc) is 2.46. The number of hydrogen-bond donors (Lipinski definition) is 0. The molecule has 7 heteroatoms. The number of alkyl halides is 5. The summed E-state index contributed by atoms with van der Waals surface area (Å²) in [5, 5.41) is 0. The minimum Gasteiger partial charge on any atom is -0.429 e. The van der Waals surface area contributed by atoms with E-state index in [4.69, 9.17) is 0 Å². The lowest BCUT2D eigenvalue weighted by Crippen LogP contribution is -2.22. The molecule has 0 aromatic heterocycles. The van der Waals surface area contributed by atoms with Crippen molar-refractivity contribution in [1.82, 2.24) is 0 Å². The predicted octanol–water partition coefficient (Wildman–Crippen LogP) is 5.93. The molecule has 0 spiro atoms. The van der Waals surface area contributed by atoms with Crippen LogP contribution in [-0.2, 0) is 18.7 Å². The van der Waals surface area contributed by atoms with E-state index >= 15 is 0 Å². The normalized spacial score (nSPS) is 12.3. The zero-order chi connectivity index (χ0) is 18.0. The maximum Gasteiger partial charge on any atom is 0.426 e. The summed E-state index contributed by atoms with van der Waals surface area (Å²) in [5.74, 6) is -2.36. The second-order valence-corrected chi connectivity index (χ2v) is 5.21. The Balaban J connectivity index is 2.21. The monoisotopic (exact) mass is 348 g/mol. The molecule has 2 aromatic carbocycles. The van der Waals surface area contributed by atoms with Crippen LogP contribution in [0, 0.1) is 5.82 Å². The number of aryl methyl sites for hydroxylation is 1. The van der Waals surface area contributed by atoms with Crippen molar-refractivity contribution < 1.29 is 31.1 Å². The molecule has 0 saturated heterocycles. The van der Waals surface area contributed by atoms with Gasteiger partial charge in [-0.25, -0.2) is 4.39 Å². The highest BCUT2D eigenvalue weighted by atomic mass is 19.4. The molecule has 2 rings (SSSR count). The van der Waals surface area contributed by atoms with E-state index in [-0.39, 0.29) is 0 Å². The second kappa shape index (κ2) is 6.75. The van der Waals surface area contributed by atoms with Gasteiger partial charge >= 0.3 is 12.3 Å². The van der Waals surface area contributed by atoms with Crippen molar-refractivity contribution in [2.24, 2.45) is 0 Å². The van der Waals surface area contributed by atoms with Gasteiger partial charge in [0.05, 0.1) is 11.1 Å². The van der Waals surface area contributed by atoms with E-state index in [0.29, 0.717) is 18.2 Å². The SMILES string of the molecule is CCCc1ccc(C(F)(F)Oc2ccc(C(F)(F)F)c(F)c2)cc1. The molecule has 0 aliphatic heterocycles. The number of rotatable bonds is 5. The third-order valence-corrected chi connectivity index (χ3v) is 3.32. The molecule has 2 aromatic rings. The first kappa shape index (κ1) is 18.2. The van der Waals surface area contributed by atoms with Gasteiger partial charge in [0, 0.05) is 6.07 Å². The summed E-state index contributed by atoms with van der Waals surface area (Å²) in [5.41, 5.74) is -1.14.